The molecule has 10 nitrogen and oxygen atoms in total. The summed E-state index contributed by atoms with van der Waals surface area (Å²) in [5.74, 6) is 0.447. The summed E-state index contributed by atoms with van der Waals surface area (Å²) in [7, 11) is 1.85. The number of likely N-dealkylation sites (tertiary alicyclic amines) is 1. The minimum Gasteiger partial charge on any atom is -0.444 e. The first-order valence-electron chi connectivity index (χ1n) is 10.4. The van der Waals surface area contributed by atoms with Gasteiger partial charge in [0.2, 0.25) is 0 Å². The maximum absolute atomic E-state index is 12.8. The number of nitrogens with two attached hydrogens (primary N) is 1. The van der Waals surface area contributed by atoms with Crippen molar-refractivity contribution in [1.82, 2.24) is 29.3 Å². The number of piperidine rings is 1. The molecule has 4 heterocycles. The van der Waals surface area contributed by atoms with E-state index in [9.17, 15) is 9.90 Å². The quantitative estimate of drug-likeness (QED) is 0.656. The zero-order valence-corrected chi connectivity index (χ0v) is 18.3. The van der Waals surface area contributed by atoms with Crippen molar-refractivity contribution in [2.24, 2.45) is 7.05 Å². The lowest BCUT2D eigenvalue weighted by molar-refractivity contribution is -0.00118. The van der Waals surface area contributed by atoms with Crippen LogP contribution in [0.4, 0.5) is 10.6 Å². The van der Waals surface area contributed by atoms with Crippen LogP contribution in [0.2, 0.25) is 0 Å². The number of nitrogens with zero attached hydrogens (tertiary/aromatic N) is 6. The molecule has 0 aromatic carbocycles. The van der Waals surface area contributed by atoms with Crippen LogP contribution in [-0.2, 0) is 11.8 Å². The standard InChI is InChI=1S/C21H29N7O3/c1-21(2,3)31-20(30)27-11-13(5-6-15(27)12-29)17-7-18(22)28-19(25-17)16(9-24-28)14-8-23-26(4)10-14/h7-10,13,15,29H,5-6,11-12,22H2,1-4H3. The van der Waals surface area contributed by atoms with Gasteiger partial charge in [-0.3, -0.25) is 4.68 Å². The van der Waals surface area contributed by atoms with E-state index in [1.54, 1.807) is 26.5 Å². The third-order valence-electron chi connectivity index (χ3n) is 5.50. The van der Waals surface area contributed by atoms with Crippen molar-refractivity contribution in [3.63, 3.8) is 0 Å². The van der Waals surface area contributed by atoms with Crippen molar-refractivity contribution >= 4 is 17.6 Å². The maximum atomic E-state index is 12.8. The summed E-state index contributed by atoms with van der Waals surface area (Å²) in [6, 6.07) is 1.54. The smallest absolute Gasteiger partial charge is 0.410 e. The van der Waals surface area contributed by atoms with Gasteiger partial charge in [-0.05, 0) is 33.6 Å². The average molecular weight is 428 g/mol. The van der Waals surface area contributed by atoms with E-state index < -0.39 is 11.7 Å². The molecule has 1 aliphatic rings. The van der Waals surface area contributed by atoms with E-state index in [1.165, 1.54) is 0 Å². The number of ether oxygens (including phenoxy) is 1. The summed E-state index contributed by atoms with van der Waals surface area (Å²) < 4.78 is 8.89. The molecule has 3 aromatic rings. The largest absolute Gasteiger partial charge is 0.444 e. The second-order valence-electron chi connectivity index (χ2n) is 9.05. The van der Waals surface area contributed by atoms with Crippen molar-refractivity contribution in [1.29, 1.82) is 0 Å². The van der Waals surface area contributed by atoms with E-state index in [4.69, 9.17) is 15.5 Å². The van der Waals surface area contributed by atoms with Crippen molar-refractivity contribution in [3.05, 3.63) is 30.4 Å². The molecule has 2 unspecified atom stereocenters. The molecule has 3 aromatic heterocycles. The lowest BCUT2D eigenvalue weighted by Crippen LogP contribution is -2.49. The highest BCUT2D eigenvalue weighted by Crippen LogP contribution is 2.33. The summed E-state index contributed by atoms with van der Waals surface area (Å²) in [5, 5.41) is 18.4. The topological polar surface area (TPSA) is 124 Å². The van der Waals surface area contributed by atoms with Gasteiger partial charge in [0.25, 0.3) is 0 Å². The molecule has 1 aliphatic heterocycles. The predicted molar refractivity (Wildman–Crippen MR) is 115 cm³/mol. The Morgan fingerprint density at radius 3 is 2.71 bits per heavy atom. The van der Waals surface area contributed by atoms with Gasteiger partial charge in [0.1, 0.15) is 11.4 Å². The monoisotopic (exact) mass is 427 g/mol. The normalized spacial score (nSPS) is 19.7. The minimum absolute atomic E-state index is 0.0285. The average Bonchev–Trinajstić information content (AvgIpc) is 3.32. The van der Waals surface area contributed by atoms with Gasteiger partial charge in [0.05, 0.1) is 30.7 Å². The minimum atomic E-state index is -0.609. The molecule has 0 aliphatic carbocycles. The van der Waals surface area contributed by atoms with E-state index in [0.29, 0.717) is 24.4 Å². The SMILES string of the molecule is Cn1cc(-c2cnn3c(N)cc(C4CCC(CO)N(C(=O)OC(C)(C)C)C4)nc23)cn1. The highest BCUT2D eigenvalue weighted by atomic mass is 16.6. The van der Waals surface area contributed by atoms with Crippen LogP contribution in [0.25, 0.3) is 16.8 Å². The number of fused-ring (bicyclic) bond motifs is 1. The van der Waals surface area contributed by atoms with Gasteiger partial charge in [-0.25, -0.2) is 9.78 Å². The summed E-state index contributed by atoms with van der Waals surface area (Å²) in [5.41, 5.74) is 8.86. The zero-order valence-electron chi connectivity index (χ0n) is 18.3. The Hall–Kier alpha value is -3.14. The lowest BCUT2D eigenvalue weighted by atomic mass is 9.90. The number of rotatable bonds is 3. The van der Waals surface area contributed by atoms with Crippen molar-refractivity contribution in [2.45, 2.75) is 51.2 Å². The number of aliphatic hydroxyl groups is 1. The highest BCUT2D eigenvalue weighted by molar-refractivity contribution is 5.77. The van der Waals surface area contributed by atoms with Crippen molar-refractivity contribution in [2.75, 3.05) is 18.9 Å². The number of anilines is 1. The fourth-order valence-electron chi connectivity index (χ4n) is 3.98. The van der Waals surface area contributed by atoms with Gasteiger partial charge in [0, 0.05) is 42.9 Å². The number of hydrogen-bond donors (Lipinski definition) is 2. The third-order valence-corrected chi connectivity index (χ3v) is 5.50. The van der Waals surface area contributed by atoms with E-state index in [2.05, 4.69) is 10.2 Å². The number of carbonyl (C=O) groups excluding carboxylic acids is 1. The molecular formula is C21H29N7O3. The second-order valence-corrected chi connectivity index (χ2v) is 9.05. The van der Waals surface area contributed by atoms with Gasteiger partial charge < -0.3 is 20.5 Å². The second kappa shape index (κ2) is 7.84. The van der Waals surface area contributed by atoms with Crippen LogP contribution in [-0.4, -0.2) is 65.3 Å². The van der Waals surface area contributed by atoms with Gasteiger partial charge in [-0.15, -0.1) is 0 Å². The van der Waals surface area contributed by atoms with Gasteiger partial charge in [-0.2, -0.15) is 14.7 Å². The number of aryl methyl sites for hydroxylation is 1. The van der Waals surface area contributed by atoms with Gasteiger partial charge in [-0.1, -0.05) is 0 Å². The fourth-order valence-corrected chi connectivity index (χ4v) is 3.98. The molecule has 1 amide bonds. The van der Waals surface area contributed by atoms with Gasteiger partial charge >= 0.3 is 6.09 Å². The Labute approximate surface area is 180 Å². The number of carbonyl (C=O) groups is 1. The number of hydrogen-bond acceptors (Lipinski definition) is 7. The molecule has 3 N–H and O–H groups in total. The first-order chi connectivity index (χ1) is 14.7. The third kappa shape index (κ3) is 4.20. The van der Waals surface area contributed by atoms with Crippen LogP contribution >= 0.6 is 0 Å². The van der Waals surface area contributed by atoms with Crippen molar-refractivity contribution in [3.8, 4) is 11.1 Å². The van der Waals surface area contributed by atoms with E-state index in [1.807, 2.05) is 40.1 Å². The van der Waals surface area contributed by atoms with Crippen LogP contribution < -0.4 is 5.73 Å². The fraction of sp³-hybridized carbons (Fsp3) is 0.524. The Morgan fingerprint density at radius 2 is 2.06 bits per heavy atom. The Bertz CT molecular complexity index is 1100. The van der Waals surface area contributed by atoms with Crippen molar-refractivity contribution < 1.29 is 14.6 Å². The number of nitrogen functional groups attached to an aromatic ring is 1. The molecule has 1 fully saturated rings. The molecule has 0 saturated carbocycles. The summed E-state index contributed by atoms with van der Waals surface area (Å²) in [4.78, 5) is 19.2. The van der Waals surface area contributed by atoms with Crippen LogP contribution in [0.5, 0.6) is 0 Å². The maximum Gasteiger partial charge on any atom is 0.410 e. The Morgan fingerprint density at radius 1 is 1.29 bits per heavy atom. The predicted octanol–water partition coefficient (Wildman–Crippen LogP) is 2.19. The Kier molecular flexibility index (Phi) is 5.34. The molecular weight excluding hydrogens is 398 g/mol. The molecule has 0 radical (unpaired) electrons. The molecule has 0 spiro atoms. The molecule has 4 rings (SSSR count). The number of aliphatic hydroxyl groups excluding tert-OH is 1. The molecule has 1 saturated heterocycles. The van der Waals surface area contributed by atoms with Crippen LogP contribution in [0.15, 0.2) is 24.7 Å². The van der Waals surface area contributed by atoms with Crippen LogP contribution in [0.1, 0.15) is 45.2 Å². The summed E-state index contributed by atoms with van der Waals surface area (Å²) >= 11 is 0. The van der Waals surface area contributed by atoms with E-state index in [0.717, 1.165) is 23.2 Å². The van der Waals surface area contributed by atoms with E-state index >= 15 is 0 Å². The van der Waals surface area contributed by atoms with Crippen LogP contribution in [0.3, 0.4) is 0 Å². The number of amides is 1. The van der Waals surface area contributed by atoms with Crippen LogP contribution in [0, 0.1) is 0 Å². The zero-order chi connectivity index (χ0) is 22.3. The molecule has 2 atom stereocenters. The first-order valence-corrected chi connectivity index (χ1v) is 10.4. The molecule has 0 bridgehead atoms. The first kappa shape index (κ1) is 21.1. The van der Waals surface area contributed by atoms with E-state index in [-0.39, 0.29) is 18.6 Å². The molecule has 10 heteroatoms. The lowest BCUT2D eigenvalue weighted by Gasteiger charge is -2.39. The molecule has 31 heavy (non-hydrogen) atoms. The highest BCUT2D eigenvalue weighted by Gasteiger charge is 2.35. The molecule has 166 valence electrons. The van der Waals surface area contributed by atoms with Gasteiger partial charge in [0.15, 0.2) is 5.65 Å². The number of aromatic nitrogens is 5. The summed E-state index contributed by atoms with van der Waals surface area (Å²) in [6.07, 6.45) is 6.41. The summed E-state index contributed by atoms with van der Waals surface area (Å²) in [6.45, 7) is 5.79. The Balaban J connectivity index is 1.67.